The Morgan fingerprint density at radius 2 is 2.03 bits per heavy atom. The minimum Gasteiger partial charge on any atom is -0.392 e. The fourth-order valence-electron chi connectivity index (χ4n) is 4.53. The molecule has 1 aromatic heterocycles. The summed E-state index contributed by atoms with van der Waals surface area (Å²) in [6, 6.07) is 1.03. The Kier molecular flexibility index (Phi) is 9.57. The first-order valence-electron chi connectivity index (χ1n) is 11.3. The first kappa shape index (κ1) is 24.3. The molecule has 0 aromatic carbocycles. The van der Waals surface area contributed by atoms with E-state index in [1.54, 1.807) is 0 Å². The van der Waals surface area contributed by atoms with Gasteiger partial charge in [0.2, 0.25) is 11.2 Å². The number of hydrogen-bond donors (Lipinski definition) is 2. The SMILES string of the molecule is CC1CCCC(C)(C)C1O.CCCCN(c1ncnc(Cl)n1)C1CCNC(C)C1. The van der Waals surface area contributed by atoms with Crippen LogP contribution in [-0.2, 0) is 0 Å². The molecule has 1 aliphatic carbocycles. The molecular weight excluding hydrogens is 386 g/mol. The summed E-state index contributed by atoms with van der Waals surface area (Å²) in [5.74, 6) is 1.22. The predicted octanol–water partition coefficient (Wildman–Crippen LogP) is 4.47. The van der Waals surface area contributed by atoms with Gasteiger partial charge in [-0.15, -0.1) is 0 Å². The second-order valence-electron chi connectivity index (χ2n) is 9.44. The zero-order valence-corrected chi connectivity index (χ0v) is 19.6. The summed E-state index contributed by atoms with van der Waals surface area (Å²) in [4.78, 5) is 14.7. The number of unbranched alkanes of at least 4 members (excludes halogenated alkanes) is 1. The van der Waals surface area contributed by atoms with Crippen molar-refractivity contribution in [1.29, 1.82) is 0 Å². The van der Waals surface area contributed by atoms with Crippen molar-refractivity contribution in [3.05, 3.63) is 11.6 Å². The van der Waals surface area contributed by atoms with Gasteiger partial charge in [-0.3, -0.25) is 0 Å². The molecule has 29 heavy (non-hydrogen) atoms. The molecule has 2 N–H and O–H groups in total. The summed E-state index contributed by atoms with van der Waals surface area (Å²) in [7, 11) is 0. The van der Waals surface area contributed by atoms with Crippen LogP contribution in [0.3, 0.4) is 0 Å². The number of piperidine rings is 1. The standard InChI is InChI=1S/C13H22ClN5.C9H18O/c1-3-4-7-19(11-5-6-15-10(2)8-11)13-17-9-16-12(14)18-13;1-7-5-4-6-9(2,3)8(7)10/h9-11,15H,3-8H2,1-2H3;7-8,10H,4-6H2,1-3H3. The molecule has 4 unspecified atom stereocenters. The quantitative estimate of drug-likeness (QED) is 0.725. The number of hydrogen-bond acceptors (Lipinski definition) is 6. The molecule has 1 saturated heterocycles. The maximum atomic E-state index is 9.71. The topological polar surface area (TPSA) is 74.2 Å². The molecule has 2 aliphatic rings. The molecule has 6 nitrogen and oxygen atoms in total. The minimum atomic E-state index is -0.0822. The number of aliphatic hydroxyl groups excluding tert-OH is 1. The summed E-state index contributed by atoms with van der Waals surface area (Å²) in [6.45, 7) is 12.9. The number of nitrogens with zero attached hydrogens (tertiary/aromatic N) is 4. The summed E-state index contributed by atoms with van der Waals surface area (Å²) >= 11 is 5.89. The van der Waals surface area contributed by atoms with Crippen molar-refractivity contribution in [1.82, 2.24) is 20.3 Å². The Bertz CT molecular complexity index is 615. The van der Waals surface area contributed by atoms with Crippen LogP contribution >= 0.6 is 11.6 Å². The summed E-state index contributed by atoms with van der Waals surface area (Å²) in [6.07, 6.45) is 9.62. The maximum absolute atomic E-state index is 9.71. The molecule has 0 amide bonds. The average Bonchev–Trinajstić information content (AvgIpc) is 2.67. The Morgan fingerprint density at radius 1 is 1.28 bits per heavy atom. The minimum absolute atomic E-state index is 0.0822. The molecule has 3 rings (SSSR count). The van der Waals surface area contributed by atoms with Gasteiger partial charge in [-0.05, 0) is 68.5 Å². The molecule has 7 heteroatoms. The van der Waals surface area contributed by atoms with Crippen LogP contribution in [0.5, 0.6) is 0 Å². The van der Waals surface area contributed by atoms with Crippen molar-refractivity contribution in [3.8, 4) is 0 Å². The van der Waals surface area contributed by atoms with E-state index in [1.165, 1.54) is 25.6 Å². The van der Waals surface area contributed by atoms with Crippen molar-refractivity contribution in [2.24, 2.45) is 11.3 Å². The zero-order valence-electron chi connectivity index (χ0n) is 18.9. The molecule has 2 heterocycles. The van der Waals surface area contributed by atoms with Crippen molar-refractivity contribution in [2.75, 3.05) is 18.0 Å². The summed E-state index contributed by atoms with van der Waals surface area (Å²) in [5, 5.41) is 13.5. The number of halogens is 1. The third-order valence-electron chi connectivity index (χ3n) is 6.40. The van der Waals surface area contributed by atoms with Gasteiger partial charge in [0.25, 0.3) is 0 Å². The molecular formula is C22H40ClN5O. The van der Waals surface area contributed by atoms with Crippen molar-refractivity contribution >= 4 is 17.5 Å². The highest BCUT2D eigenvalue weighted by Gasteiger charge is 2.35. The van der Waals surface area contributed by atoms with Gasteiger partial charge in [0.1, 0.15) is 6.33 Å². The van der Waals surface area contributed by atoms with E-state index in [0.717, 1.165) is 38.8 Å². The normalized spacial score (nSPS) is 28.9. The average molecular weight is 426 g/mol. The fourth-order valence-corrected chi connectivity index (χ4v) is 4.64. The Balaban J connectivity index is 0.000000253. The van der Waals surface area contributed by atoms with Gasteiger partial charge in [-0.2, -0.15) is 4.98 Å². The third-order valence-corrected chi connectivity index (χ3v) is 6.58. The molecule has 1 saturated carbocycles. The van der Waals surface area contributed by atoms with E-state index in [9.17, 15) is 5.11 Å². The second kappa shape index (κ2) is 11.4. The Morgan fingerprint density at radius 3 is 2.62 bits per heavy atom. The number of anilines is 1. The lowest BCUT2D eigenvalue weighted by Gasteiger charge is -2.39. The molecule has 166 valence electrons. The molecule has 2 fully saturated rings. The number of aliphatic hydroxyl groups is 1. The number of rotatable bonds is 5. The van der Waals surface area contributed by atoms with E-state index in [1.807, 2.05) is 0 Å². The smallest absolute Gasteiger partial charge is 0.229 e. The zero-order chi connectivity index (χ0) is 21.4. The van der Waals surface area contributed by atoms with Crippen molar-refractivity contribution in [3.63, 3.8) is 0 Å². The maximum Gasteiger partial charge on any atom is 0.229 e. The van der Waals surface area contributed by atoms with Gasteiger partial charge >= 0.3 is 0 Å². The lowest BCUT2D eigenvalue weighted by Crippen LogP contribution is -2.48. The molecule has 1 aliphatic heterocycles. The van der Waals surface area contributed by atoms with Gasteiger partial charge in [0, 0.05) is 18.6 Å². The van der Waals surface area contributed by atoms with E-state index in [-0.39, 0.29) is 16.8 Å². The summed E-state index contributed by atoms with van der Waals surface area (Å²) in [5.41, 5.74) is 0.164. The first-order chi connectivity index (χ1) is 13.7. The van der Waals surface area contributed by atoms with Gasteiger partial charge in [-0.1, -0.05) is 40.5 Å². The molecule has 0 bridgehead atoms. The van der Waals surface area contributed by atoms with E-state index in [0.29, 0.717) is 23.9 Å². The summed E-state index contributed by atoms with van der Waals surface area (Å²) < 4.78 is 0. The van der Waals surface area contributed by atoms with Crippen molar-refractivity contribution in [2.45, 2.75) is 97.8 Å². The second-order valence-corrected chi connectivity index (χ2v) is 9.78. The highest BCUT2D eigenvalue weighted by molar-refractivity contribution is 6.28. The number of aromatic nitrogens is 3. The largest absolute Gasteiger partial charge is 0.392 e. The highest BCUT2D eigenvalue weighted by Crippen LogP contribution is 2.38. The molecule has 0 spiro atoms. The van der Waals surface area contributed by atoms with Crippen LogP contribution in [0.25, 0.3) is 0 Å². The molecule has 1 aromatic rings. The number of nitrogens with one attached hydrogen (secondary N) is 1. The van der Waals surface area contributed by atoms with Gasteiger partial charge in [0.15, 0.2) is 0 Å². The van der Waals surface area contributed by atoms with Crippen LogP contribution in [-0.4, -0.2) is 51.3 Å². The van der Waals surface area contributed by atoms with E-state index in [4.69, 9.17) is 11.6 Å². The van der Waals surface area contributed by atoms with Gasteiger partial charge in [0.05, 0.1) is 6.10 Å². The van der Waals surface area contributed by atoms with Gasteiger partial charge in [-0.25, -0.2) is 9.97 Å². The Labute approximate surface area is 181 Å². The van der Waals surface area contributed by atoms with Crippen LogP contribution in [0.15, 0.2) is 6.33 Å². The van der Waals surface area contributed by atoms with Crippen molar-refractivity contribution < 1.29 is 5.11 Å². The van der Waals surface area contributed by atoms with E-state index >= 15 is 0 Å². The highest BCUT2D eigenvalue weighted by atomic mass is 35.5. The van der Waals surface area contributed by atoms with Gasteiger partial charge < -0.3 is 15.3 Å². The lowest BCUT2D eigenvalue weighted by molar-refractivity contribution is -0.0254. The van der Waals surface area contributed by atoms with E-state index < -0.39 is 0 Å². The first-order valence-corrected chi connectivity index (χ1v) is 11.6. The Hall–Kier alpha value is -0.980. The van der Waals surface area contributed by atoms with Crippen LogP contribution in [0.1, 0.15) is 79.6 Å². The van der Waals surface area contributed by atoms with Crippen LogP contribution in [0, 0.1) is 11.3 Å². The van der Waals surface area contributed by atoms with Crippen LogP contribution in [0.4, 0.5) is 5.95 Å². The van der Waals surface area contributed by atoms with E-state index in [2.05, 4.69) is 59.8 Å². The third kappa shape index (κ3) is 7.34. The van der Waals surface area contributed by atoms with Crippen LogP contribution < -0.4 is 10.2 Å². The van der Waals surface area contributed by atoms with Crippen LogP contribution in [0.2, 0.25) is 5.28 Å². The fraction of sp³-hybridized carbons (Fsp3) is 0.864. The lowest BCUT2D eigenvalue weighted by atomic mass is 9.70. The molecule has 4 atom stereocenters. The predicted molar refractivity (Wildman–Crippen MR) is 120 cm³/mol. The monoisotopic (exact) mass is 425 g/mol. The molecule has 0 radical (unpaired) electrons.